The number of nitrogens with zero attached hydrogens (tertiary/aromatic N) is 2. The third-order valence-corrected chi connectivity index (χ3v) is 4.16. The predicted molar refractivity (Wildman–Crippen MR) is 92.6 cm³/mol. The van der Waals surface area contributed by atoms with Crippen LogP contribution in [-0.4, -0.2) is 20.4 Å². The third-order valence-electron chi connectivity index (χ3n) is 4.16. The van der Waals surface area contributed by atoms with E-state index in [9.17, 15) is 8.63 Å². The molecular formula is C18H19BF2N2. The maximum absolute atomic E-state index is 13.2. The highest BCUT2D eigenvalue weighted by atomic mass is 19.2. The van der Waals surface area contributed by atoms with Crippen LogP contribution in [0.5, 0.6) is 0 Å². The Bertz CT molecular complexity index is 695. The minimum Gasteiger partial charge on any atom is -0.340 e. The molecule has 0 saturated carbocycles. The molecule has 3 rings (SSSR count). The first-order chi connectivity index (χ1) is 11.0. The number of hydrogen-bond donors (Lipinski definition) is 0. The van der Waals surface area contributed by atoms with Crippen LogP contribution >= 0.6 is 0 Å². The normalized spacial score (nSPS) is 14.5. The molecule has 118 valence electrons. The van der Waals surface area contributed by atoms with Crippen molar-refractivity contribution >= 4 is 24.1 Å². The maximum Gasteiger partial charge on any atom is 0.574 e. The number of rotatable bonds is 3. The zero-order valence-corrected chi connectivity index (χ0v) is 13.6. The fraction of sp³-hybridized carbons (Fsp3) is 0.278. The zero-order valence-electron chi connectivity index (χ0n) is 13.6. The van der Waals surface area contributed by atoms with Gasteiger partial charge in [-0.1, -0.05) is 35.9 Å². The molecule has 1 aliphatic heterocycles. The molecule has 0 bridgehead atoms. The lowest BCUT2D eigenvalue weighted by Gasteiger charge is -2.23. The van der Waals surface area contributed by atoms with Gasteiger partial charge in [-0.05, 0) is 38.0 Å². The van der Waals surface area contributed by atoms with Crippen molar-refractivity contribution < 1.29 is 8.63 Å². The minimum absolute atomic E-state index is 0.0548. The molecule has 1 fully saturated rings. The summed E-state index contributed by atoms with van der Waals surface area (Å²) in [5, 5.41) is 0. The van der Waals surface area contributed by atoms with E-state index in [-0.39, 0.29) is 5.46 Å². The summed E-state index contributed by atoms with van der Waals surface area (Å²) in [6.07, 6.45) is 0. The van der Waals surface area contributed by atoms with Gasteiger partial charge in [0.1, 0.15) is 0 Å². The molecule has 0 atom stereocenters. The Kier molecular flexibility index (Phi) is 4.29. The van der Waals surface area contributed by atoms with Crippen LogP contribution in [-0.2, 0) is 0 Å². The van der Waals surface area contributed by atoms with Crippen LogP contribution < -0.4 is 15.3 Å². The van der Waals surface area contributed by atoms with E-state index in [1.807, 2.05) is 4.90 Å². The number of benzene rings is 2. The molecule has 0 unspecified atom stereocenters. The molecule has 0 aromatic heterocycles. The second kappa shape index (κ2) is 6.22. The highest BCUT2D eigenvalue weighted by molar-refractivity contribution is 6.61. The van der Waals surface area contributed by atoms with Gasteiger partial charge in [0.25, 0.3) is 0 Å². The van der Waals surface area contributed by atoms with Gasteiger partial charge in [0.05, 0.1) is 0 Å². The Balaban J connectivity index is 1.88. The lowest BCUT2D eigenvalue weighted by molar-refractivity contribution is 0.684. The van der Waals surface area contributed by atoms with Gasteiger partial charge >= 0.3 is 7.27 Å². The van der Waals surface area contributed by atoms with E-state index < -0.39 is 7.27 Å². The highest BCUT2D eigenvalue weighted by Crippen LogP contribution is 2.31. The molecule has 5 heteroatoms. The number of para-hydroxylation sites is 1. The van der Waals surface area contributed by atoms with E-state index in [2.05, 4.69) is 39.6 Å². The lowest BCUT2D eigenvalue weighted by atomic mass is 9.84. The third kappa shape index (κ3) is 3.05. The van der Waals surface area contributed by atoms with E-state index in [0.717, 1.165) is 12.2 Å². The van der Waals surface area contributed by atoms with Gasteiger partial charge < -0.3 is 9.80 Å². The van der Waals surface area contributed by atoms with Crippen LogP contribution in [0, 0.1) is 27.4 Å². The van der Waals surface area contributed by atoms with Crippen molar-refractivity contribution in [3.05, 3.63) is 59.8 Å². The van der Waals surface area contributed by atoms with Gasteiger partial charge in [0.2, 0.25) is 6.67 Å². The van der Waals surface area contributed by atoms with Crippen molar-refractivity contribution in [3.8, 4) is 0 Å². The molecule has 1 saturated heterocycles. The standard InChI is InChI=1S/C18H19BF2N2/c1-13-10-14(2)18(15(3)11-13)23-9-8-22(12-23)17-7-5-4-6-16(17)19(20)21/h4-7,10-11H,8-9H2,1-3H3. The molecular weight excluding hydrogens is 293 g/mol. The first kappa shape index (κ1) is 15.8. The predicted octanol–water partition coefficient (Wildman–Crippen LogP) is 3.57. The minimum atomic E-state index is -2.48. The summed E-state index contributed by atoms with van der Waals surface area (Å²) in [4.78, 5) is 3.83. The first-order valence-electron chi connectivity index (χ1n) is 7.73. The van der Waals surface area contributed by atoms with Gasteiger partial charge in [-0.25, -0.2) is 0 Å². The second-order valence-corrected chi connectivity index (χ2v) is 6.01. The summed E-state index contributed by atoms with van der Waals surface area (Å²) >= 11 is 0. The van der Waals surface area contributed by atoms with Crippen LogP contribution in [0.1, 0.15) is 16.7 Å². The van der Waals surface area contributed by atoms with Gasteiger partial charge in [-0.15, -0.1) is 0 Å². The summed E-state index contributed by atoms with van der Waals surface area (Å²) in [7, 11) is -2.48. The number of anilines is 2. The van der Waals surface area contributed by atoms with Gasteiger partial charge in [0, 0.05) is 29.9 Å². The van der Waals surface area contributed by atoms with Crippen LogP contribution in [0.25, 0.3) is 0 Å². The van der Waals surface area contributed by atoms with Crippen LogP contribution in [0.2, 0.25) is 0 Å². The molecule has 1 aliphatic rings. The van der Waals surface area contributed by atoms with E-state index in [1.54, 1.807) is 23.1 Å². The molecule has 1 heterocycles. The summed E-state index contributed by atoms with van der Waals surface area (Å²) in [5.74, 6) is 0. The topological polar surface area (TPSA) is 6.48 Å². The van der Waals surface area contributed by atoms with E-state index >= 15 is 0 Å². The summed E-state index contributed by atoms with van der Waals surface area (Å²) in [6, 6.07) is 10.9. The Hall–Kier alpha value is -2.04. The number of hydrogen-bond acceptors (Lipinski definition) is 2. The number of aryl methyl sites for hydroxylation is 3. The van der Waals surface area contributed by atoms with E-state index in [1.165, 1.54) is 22.8 Å². The van der Waals surface area contributed by atoms with Crippen LogP contribution in [0.4, 0.5) is 20.0 Å². The Morgan fingerprint density at radius 2 is 1.57 bits per heavy atom. The Morgan fingerprint density at radius 1 is 0.957 bits per heavy atom. The quantitative estimate of drug-likeness (QED) is 0.800. The van der Waals surface area contributed by atoms with E-state index in [0.29, 0.717) is 12.2 Å². The molecule has 0 spiro atoms. The maximum atomic E-state index is 13.2. The first-order valence-corrected chi connectivity index (χ1v) is 7.73. The summed E-state index contributed by atoms with van der Waals surface area (Å²) in [6.45, 7) is 10.9. The molecule has 23 heavy (non-hydrogen) atoms. The summed E-state index contributed by atoms with van der Waals surface area (Å²) in [5.41, 5.74) is 5.29. The molecule has 2 aromatic rings. The molecule has 0 N–H and O–H groups in total. The van der Waals surface area contributed by atoms with Crippen molar-refractivity contribution in [2.45, 2.75) is 20.8 Å². The van der Waals surface area contributed by atoms with Gasteiger partial charge in [-0.2, -0.15) is 0 Å². The van der Waals surface area contributed by atoms with Crippen molar-refractivity contribution in [2.75, 3.05) is 22.9 Å². The molecule has 2 aromatic carbocycles. The number of halogens is 2. The van der Waals surface area contributed by atoms with Crippen molar-refractivity contribution in [1.29, 1.82) is 0 Å². The van der Waals surface area contributed by atoms with E-state index in [4.69, 9.17) is 0 Å². The zero-order chi connectivity index (χ0) is 16.6. The molecule has 2 nitrogen and oxygen atoms in total. The Morgan fingerprint density at radius 3 is 2.22 bits per heavy atom. The van der Waals surface area contributed by atoms with Crippen LogP contribution in [0.15, 0.2) is 36.4 Å². The van der Waals surface area contributed by atoms with Crippen molar-refractivity contribution in [2.24, 2.45) is 0 Å². The average molecular weight is 312 g/mol. The highest BCUT2D eigenvalue weighted by Gasteiger charge is 2.29. The van der Waals surface area contributed by atoms with Gasteiger partial charge in [0.15, 0.2) is 0 Å². The second-order valence-electron chi connectivity index (χ2n) is 6.01. The van der Waals surface area contributed by atoms with Gasteiger partial charge in [-0.3, -0.25) is 8.63 Å². The van der Waals surface area contributed by atoms with Crippen molar-refractivity contribution in [3.63, 3.8) is 0 Å². The molecule has 2 radical (unpaired) electrons. The van der Waals surface area contributed by atoms with Crippen LogP contribution in [0.3, 0.4) is 0 Å². The fourth-order valence-corrected chi connectivity index (χ4v) is 3.30. The molecule has 0 amide bonds. The molecule has 0 aliphatic carbocycles. The monoisotopic (exact) mass is 312 g/mol. The van der Waals surface area contributed by atoms with Crippen molar-refractivity contribution in [1.82, 2.24) is 0 Å². The average Bonchev–Trinajstić information content (AvgIpc) is 2.95. The Labute approximate surface area is 136 Å². The summed E-state index contributed by atoms with van der Waals surface area (Å²) < 4.78 is 26.4. The smallest absolute Gasteiger partial charge is 0.340 e. The lowest BCUT2D eigenvalue weighted by Crippen LogP contribution is -2.30. The largest absolute Gasteiger partial charge is 0.574 e. The fourth-order valence-electron chi connectivity index (χ4n) is 3.30. The SMILES string of the molecule is Cc1cc(C)c(N2[C]N(c3ccccc3B(F)F)CC2)c(C)c1.